The summed E-state index contributed by atoms with van der Waals surface area (Å²) in [6.07, 6.45) is 0.447. The lowest BCUT2D eigenvalue weighted by atomic mass is 9.89. The first kappa shape index (κ1) is 21.3. The molecular weight excluding hydrogens is 387 g/mol. The molecule has 1 aliphatic rings. The standard InChI is InChI=1S/C17H22F3NO5S/c1-16(2,3)25-15(22)21-10-8-12(9-11-21)13-6-4-5-7-14(13)26-27(23,24)17(18,19)20/h4-7,12H,8-11H2,1-3H3. The van der Waals surface area contributed by atoms with Crippen LogP contribution in [0.25, 0.3) is 0 Å². The molecule has 1 saturated heterocycles. The largest absolute Gasteiger partial charge is 0.534 e. The summed E-state index contributed by atoms with van der Waals surface area (Å²) in [6.45, 7) is 5.96. The molecule has 0 bridgehead atoms. The number of amides is 1. The molecule has 0 radical (unpaired) electrons. The summed E-state index contributed by atoms with van der Waals surface area (Å²) in [6, 6.07) is 5.73. The van der Waals surface area contributed by atoms with Gasteiger partial charge in [0.05, 0.1) is 0 Å². The lowest BCUT2D eigenvalue weighted by Gasteiger charge is -2.34. The summed E-state index contributed by atoms with van der Waals surface area (Å²) < 4.78 is 70.1. The lowest BCUT2D eigenvalue weighted by molar-refractivity contribution is -0.0500. The van der Waals surface area contributed by atoms with E-state index in [1.807, 2.05) is 0 Å². The zero-order valence-corrected chi connectivity index (χ0v) is 16.1. The minimum atomic E-state index is -5.74. The highest BCUT2D eigenvalue weighted by molar-refractivity contribution is 7.88. The quantitative estimate of drug-likeness (QED) is 0.557. The third-order valence-corrected chi connectivity index (χ3v) is 4.95. The number of hydrogen-bond donors (Lipinski definition) is 0. The van der Waals surface area contributed by atoms with E-state index in [1.54, 1.807) is 26.8 Å². The maximum Gasteiger partial charge on any atom is 0.534 e. The van der Waals surface area contributed by atoms with Crippen LogP contribution >= 0.6 is 0 Å². The van der Waals surface area contributed by atoms with Gasteiger partial charge in [-0.25, -0.2) is 4.79 Å². The van der Waals surface area contributed by atoms with Gasteiger partial charge in [0.15, 0.2) is 0 Å². The number of ether oxygens (including phenoxy) is 1. The molecule has 1 heterocycles. The van der Waals surface area contributed by atoms with Crippen LogP contribution in [0.5, 0.6) is 5.75 Å². The van der Waals surface area contributed by atoms with Gasteiger partial charge in [-0.15, -0.1) is 0 Å². The minimum Gasteiger partial charge on any atom is -0.444 e. The van der Waals surface area contributed by atoms with Gasteiger partial charge in [-0.3, -0.25) is 0 Å². The second-order valence-electron chi connectivity index (χ2n) is 7.26. The fourth-order valence-electron chi connectivity index (χ4n) is 2.76. The summed E-state index contributed by atoms with van der Waals surface area (Å²) >= 11 is 0. The van der Waals surface area contributed by atoms with Gasteiger partial charge in [-0.1, -0.05) is 18.2 Å². The molecule has 6 nitrogen and oxygen atoms in total. The molecule has 0 atom stereocenters. The van der Waals surface area contributed by atoms with Crippen LogP contribution in [-0.2, 0) is 14.9 Å². The van der Waals surface area contributed by atoms with Gasteiger partial charge in [-0.05, 0) is 51.2 Å². The second kappa shape index (κ2) is 7.57. The zero-order chi connectivity index (χ0) is 20.5. The molecule has 1 aromatic rings. The number of carbonyl (C=O) groups excluding carboxylic acids is 1. The van der Waals surface area contributed by atoms with Gasteiger partial charge in [0.25, 0.3) is 0 Å². The molecule has 2 rings (SSSR count). The van der Waals surface area contributed by atoms with Crippen molar-refractivity contribution in [3.63, 3.8) is 0 Å². The van der Waals surface area contributed by atoms with E-state index in [4.69, 9.17) is 4.74 Å². The monoisotopic (exact) mass is 409 g/mol. The molecule has 1 aromatic carbocycles. The van der Waals surface area contributed by atoms with Crippen LogP contribution < -0.4 is 4.18 Å². The van der Waals surface area contributed by atoms with Gasteiger partial charge < -0.3 is 13.8 Å². The Labute approximate surface area is 156 Å². The molecule has 1 aliphatic heterocycles. The number of hydrogen-bond acceptors (Lipinski definition) is 5. The Morgan fingerprint density at radius 3 is 2.19 bits per heavy atom. The predicted molar refractivity (Wildman–Crippen MR) is 91.8 cm³/mol. The number of carbonyl (C=O) groups is 1. The van der Waals surface area contributed by atoms with Crippen molar-refractivity contribution in [2.24, 2.45) is 0 Å². The van der Waals surface area contributed by atoms with Crippen LogP contribution in [0.2, 0.25) is 0 Å². The van der Waals surface area contributed by atoms with E-state index in [-0.39, 0.29) is 11.7 Å². The molecule has 10 heteroatoms. The van der Waals surface area contributed by atoms with Crippen LogP contribution in [0.4, 0.5) is 18.0 Å². The molecule has 1 fully saturated rings. The molecule has 0 aromatic heterocycles. The number of nitrogens with zero attached hydrogens (tertiary/aromatic N) is 1. The maximum atomic E-state index is 12.6. The Bertz CT molecular complexity index is 778. The summed E-state index contributed by atoms with van der Waals surface area (Å²) in [4.78, 5) is 13.6. The Balaban J connectivity index is 2.10. The first-order valence-electron chi connectivity index (χ1n) is 8.38. The Kier molecular flexibility index (Phi) is 5.98. The zero-order valence-electron chi connectivity index (χ0n) is 15.2. The number of rotatable bonds is 3. The molecule has 0 N–H and O–H groups in total. The average molecular weight is 409 g/mol. The summed E-state index contributed by atoms with van der Waals surface area (Å²) in [7, 11) is -5.74. The van der Waals surface area contributed by atoms with Crippen molar-refractivity contribution in [2.45, 2.75) is 50.6 Å². The smallest absolute Gasteiger partial charge is 0.444 e. The van der Waals surface area contributed by atoms with Crippen LogP contribution in [0.15, 0.2) is 24.3 Å². The molecule has 1 amide bonds. The first-order valence-corrected chi connectivity index (χ1v) is 9.78. The van der Waals surface area contributed by atoms with Gasteiger partial charge >= 0.3 is 21.7 Å². The minimum absolute atomic E-state index is 0.233. The summed E-state index contributed by atoms with van der Waals surface area (Å²) in [5.41, 5.74) is -5.75. The van der Waals surface area contributed by atoms with Crippen LogP contribution in [-0.4, -0.2) is 43.6 Å². The van der Waals surface area contributed by atoms with Crippen molar-refractivity contribution < 1.29 is 35.3 Å². The SMILES string of the molecule is CC(C)(C)OC(=O)N1CCC(c2ccccc2OS(=O)(=O)C(F)(F)F)CC1. The third kappa shape index (κ3) is 5.50. The van der Waals surface area contributed by atoms with Crippen molar-refractivity contribution in [1.82, 2.24) is 4.90 Å². The molecule has 152 valence electrons. The lowest BCUT2D eigenvalue weighted by Crippen LogP contribution is -2.41. The van der Waals surface area contributed by atoms with E-state index in [2.05, 4.69) is 4.18 Å². The topological polar surface area (TPSA) is 72.9 Å². The van der Waals surface area contributed by atoms with Crippen molar-refractivity contribution in [3.8, 4) is 5.75 Å². The normalized spacial score (nSPS) is 16.9. The Morgan fingerprint density at radius 2 is 1.67 bits per heavy atom. The predicted octanol–water partition coefficient (Wildman–Crippen LogP) is 4.03. The van der Waals surface area contributed by atoms with E-state index >= 15 is 0 Å². The molecule has 27 heavy (non-hydrogen) atoms. The fraction of sp³-hybridized carbons (Fsp3) is 0.588. The maximum absolute atomic E-state index is 12.6. The Morgan fingerprint density at radius 1 is 1.11 bits per heavy atom. The number of benzene rings is 1. The fourth-order valence-corrected chi connectivity index (χ4v) is 3.24. The molecular formula is C17H22F3NO5S. The van der Waals surface area contributed by atoms with E-state index in [9.17, 15) is 26.4 Å². The van der Waals surface area contributed by atoms with Gasteiger partial charge in [0.2, 0.25) is 0 Å². The van der Waals surface area contributed by atoms with E-state index in [1.165, 1.54) is 23.1 Å². The summed E-state index contributed by atoms with van der Waals surface area (Å²) in [5, 5.41) is 0. The van der Waals surface area contributed by atoms with Crippen molar-refractivity contribution in [2.75, 3.05) is 13.1 Å². The second-order valence-corrected chi connectivity index (χ2v) is 8.80. The molecule has 0 saturated carbocycles. The van der Waals surface area contributed by atoms with Gasteiger partial charge in [-0.2, -0.15) is 21.6 Å². The molecule has 0 spiro atoms. The number of halogens is 3. The van der Waals surface area contributed by atoms with Crippen LogP contribution in [0.1, 0.15) is 45.1 Å². The van der Waals surface area contributed by atoms with Crippen molar-refractivity contribution in [1.29, 1.82) is 0 Å². The first-order chi connectivity index (χ1) is 12.3. The van der Waals surface area contributed by atoms with Gasteiger partial charge in [0.1, 0.15) is 11.4 Å². The average Bonchev–Trinajstić information content (AvgIpc) is 2.52. The number of para-hydroxylation sites is 1. The summed E-state index contributed by atoms with van der Waals surface area (Å²) in [5.74, 6) is -0.575. The number of piperidine rings is 1. The highest BCUT2D eigenvalue weighted by atomic mass is 32.2. The van der Waals surface area contributed by atoms with E-state index in [0.29, 0.717) is 31.5 Å². The molecule has 0 unspecified atom stereocenters. The third-order valence-electron chi connectivity index (χ3n) is 3.99. The highest BCUT2D eigenvalue weighted by Crippen LogP contribution is 2.37. The van der Waals surface area contributed by atoms with Crippen LogP contribution in [0, 0.1) is 0 Å². The number of alkyl halides is 3. The van der Waals surface area contributed by atoms with E-state index in [0.717, 1.165) is 0 Å². The van der Waals surface area contributed by atoms with Crippen molar-refractivity contribution >= 4 is 16.2 Å². The highest BCUT2D eigenvalue weighted by Gasteiger charge is 2.49. The van der Waals surface area contributed by atoms with Gasteiger partial charge in [0, 0.05) is 13.1 Å². The van der Waals surface area contributed by atoms with E-state index < -0.39 is 27.3 Å². The van der Waals surface area contributed by atoms with Crippen LogP contribution in [0.3, 0.4) is 0 Å². The number of likely N-dealkylation sites (tertiary alicyclic amines) is 1. The Hall–Kier alpha value is -1.97. The molecule has 0 aliphatic carbocycles. The van der Waals surface area contributed by atoms with Crippen molar-refractivity contribution in [3.05, 3.63) is 29.8 Å².